The fourth-order valence-electron chi connectivity index (χ4n) is 1.54. The average Bonchev–Trinajstić information content (AvgIpc) is 2.34. The van der Waals surface area contributed by atoms with Gasteiger partial charge in [0.25, 0.3) is 0 Å². The first-order valence-electron chi connectivity index (χ1n) is 6.70. The molecule has 0 aromatic heterocycles. The average molecular weight is 262 g/mol. The van der Waals surface area contributed by atoms with E-state index >= 15 is 0 Å². The van der Waals surface area contributed by atoms with Gasteiger partial charge in [0.15, 0.2) is 0 Å². The zero-order valence-electron chi connectivity index (χ0n) is 12.5. The molecule has 0 saturated carbocycles. The topological polar surface area (TPSA) is 26.3 Å². The number of rotatable bonds is 9. The maximum atomic E-state index is 10.9. The number of esters is 1. The second-order valence-corrected chi connectivity index (χ2v) is 4.86. The first-order valence-corrected chi connectivity index (χ1v) is 6.70. The number of ether oxygens (including phenoxy) is 1. The largest absolute Gasteiger partial charge is 0.461 e. The molecule has 0 aromatic carbocycles. The fourth-order valence-corrected chi connectivity index (χ4v) is 1.54. The summed E-state index contributed by atoms with van der Waals surface area (Å²) in [6.07, 6.45) is 9.85. The summed E-state index contributed by atoms with van der Waals surface area (Å²) in [6.45, 7) is 13.6. The van der Waals surface area contributed by atoms with E-state index in [2.05, 4.69) is 39.2 Å². The molecule has 19 heavy (non-hydrogen) atoms. The van der Waals surface area contributed by atoms with E-state index in [0.717, 1.165) is 31.3 Å². The zero-order chi connectivity index (χ0) is 14.7. The van der Waals surface area contributed by atoms with Gasteiger partial charge in [0.2, 0.25) is 0 Å². The van der Waals surface area contributed by atoms with Gasteiger partial charge in [0, 0.05) is 6.92 Å². The van der Waals surface area contributed by atoms with Crippen LogP contribution in [0.1, 0.15) is 46.5 Å². The molecule has 0 amide bonds. The molecule has 0 aliphatic carbocycles. The van der Waals surface area contributed by atoms with Crippen molar-refractivity contribution in [3.63, 3.8) is 0 Å². The third-order valence-electron chi connectivity index (χ3n) is 2.67. The van der Waals surface area contributed by atoms with Crippen LogP contribution in [0.4, 0.5) is 0 Å². The van der Waals surface area contributed by atoms with Gasteiger partial charge >= 0.3 is 5.97 Å². The van der Waals surface area contributed by atoms with E-state index in [4.69, 9.17) is 4.74 Å². The van der Waals surface area contributed by atoms with Gasteiger partial charge in [-0.05, 0) is 45.1 Å². The third-order valence-corrected chi connectivity index (χ3v) is 2.67. The zero-order valence-corrected chi connectivity index (χ0v) is 12.5. The van der Waals surface area contributed by atoms with Gasteiger partial charge in [-0.25, -0.2) is 0 Å². The van der Waals surface area contributed by atoms with Gasteiger partial charge in [0.05, 0.1) is 0 Å². The predicted octanol–water partition coefficient (Wildman–Crippen LogP) is 4.74. The summed E-state index contributed by atoms with van der Waals surface area (Å²) < 4.78 is 5.07. The Hall–Kier alpha value is -1.57. The Balaban J connectivity index is 4.33. The Morgan fingerprint density at radius 1 is 1.11 bits per heavy atom. The van der Waals surface area contributed by atoms with E-state index < -0.39 is 0 Å². The molecule has 0 bridgehead atoms. The van der Waals surface area contributed by atoms with Crippen LogP contribution in [0.2, 0.25) is 0 Å². The Morgan fingerprint density at radius 2 is 1.74 bits per heavy atom. The van der Waals surface area contributed by atoms with Crippen molar-refractivity contribution < 1.29 is 9.53 Å². The van der Waals surface area contributed by atoms with E-state index in [1.54, 1.807) is 6.08 Å². The maximum absolute atomic E-state index is 10.9. The molecule has 0 rings (SSSR count). The lowest BCUT2D eigenvalue weighted by atomic mass is 10.1. The number of allylic oxidation sites excluding steroid dienone is 5. The molecule has 0 atom stereocenters. The Labute approximate surface area is 117 Å². The van der Waals surface area contributed by atoms with Gasteiger partial charge in [-0.3, -0.25) is 4.79 Å². The molecule has 0 N–H and O–H groups in total. The number of carbonyl (C=O) groups excluding carboxylic acids is 1. The van der Waals surface area contributed by atoms with Crippen molar-refractivity contribution in [2.24, 2.45) is 0 Å². The van der Waals surface area contributed by atoms with Crippen LogP contribution < -0.4 is 0 Å². The molecule has 0 unspecified atom stereocenters. The summed E-state index contributed by atoms with van der Waals surface area (Å²) in [7, 11) is 0. The van der Waals surface area contributed by atoms with Crippen LogP contribution in [-0.2, 0) is 9.53 Å². The molecule has 0 aliphatic rings. The second kappa shape index (κ2) is 10.4. The standard InChI is InChI=1S/C17H26O2/c1-6-15(4)10-8-12-17(13-19-16(5)18)11-7-9-14(2)3/h6,9,12H,1,4,7-8,10-11,13H2,2-3,5H3/b17-12+. The Morgan fingerprint density at radius 3 is 2.26 bits per heavy atom. The first-order chi connectivity index (χ1) is 8.95. The minimum Gasteiger partial charge on any atom is -0.461 e. The van der Waals surface area contributed by atoms with Crippen molar-refractivity contribution in [3.8, 4) is 0 Å². The summed E-state index contributed by atoms with van der Waals surface area (Å²) in [6, 6.07) is 0. The van der Waals surface area contributed by atoms with Crippen molar-refractivity contribution >= 4 is 5.97 Å². The fraction of sp³-hybridized carbons (Fsp3) is 0.471. The molecule has 0 saturated heterocycles. The van der Waals surface area contributed by atoms with Gasteiger partial charge in [0.1, 0.15) is 6.61 Å². The molecule has 106 valence electrons. The summed E-state index contributed by atoms with van der Waals surface area (Å²) in [5.41, 5.74) is 3.52. The molecular weight excluding hydrogens is 236 g/mol. The predicted molar refractivity (Wildman–Crippen MR) is 82.0 cm³/mol. The summed E-state index contributed by atoms with van der Waals surface area (Å²) in [5, 5.41) is 0. The molecule has 2 nitrogen and oxygen atoms in total. The SMILES string of the molecule is C=CC(=C)CC/C=C(\CCC=C(C)C)COC(C)=O. The smallest absolute Gasteiger partial charge is 0.302 e. The maximum Gasteiger partial charge on any atom is 0.302 e. The Kier molecular flexibility index (Phi) is 9.51. The van der Waals surface area contributed by atoms with Gasteiger partial charge in [-0.2, -0.15) is 0 Å². The number of hydrogen-bond acceptors (Lipinski definition) is 2. The van der Waals surface area contributed by atoms with Crippen molar-refractivity contribution in [1.82, 2.24) is 0 Å². The van der Waals surface area contributed by atoms with Crippen molar-refractivity contribution in [2.45, 2.75) is 46.5 Å². The van der Waals surface area contributed by atoms with Crippen molar-refractivity contribution in [1.29, 1.82) is 0 Å². The van der Waals surface area contributed by atoms with Crippen LogP contribution in [0, 0.1) is 0 Å². The Bertz CT molecular complexity index is 369. The summed E-state index contributed by atoms with van der Waals surface area (Å²) >= 11 is 0. The molecule has 2 heteroatoms. The van der Waals surface area contributed by atoms with Crippen LogP contribution in [-0.4, -0.2) is 12.6 Å². The van der Waals surface area contributed by atoms with Crippen LogP contribution in [0.3, 0.4) is 0 Å². The van der Waals surface area contributed by atoms with Gasteiger partial charge < -0.3 is 4.74 Å². The highest BCUT2D eigenvalue weighted by Crippen LogP contribution is 2.12. The highest BCUT2D eigenvalue weighted by Gasteiger charge is 2.00. The quantitative estimate of drug-likeness (QED) is 0.340. The first kappa shape index (κ1) is 17.4. The van der Waals surface area contributed by atoms with E-state index in [9.17, 15) is 4.79 Å². The van der Waals surface area contributed by atoms with Crippen molar-refractivity contribution in [2.75, 3.05) is 6.61 Å². The molecule has 0 aliphatic heterocycles. The normalized spacial score (nSPS) is 10.8. The lowest BCUT2D eigenvalue weighted by molar-refractivity contribution is -0.140. The minimum absolute atomic E-state index is 0.233. The molecule has 0 radical (unpaired) electrons. The number of hydrogen-bond donors (Lipinski definition) is 0. The van der Waals surface area contributed by atoms with Crippen molar-refractivity contribution in [3.05, 3.63) is 48.1 Å². The number of carbonyl (C=O) groups is 1. The second-order valence-electron chi connectivity index (χ2n) is 4.86. The lowest BCUT2D eigenvalue weighted by Crippen LogP contribution is -2.03. The highest BCUT2D eigenvalue weighted by atomic mass is 16.5. The van der Waals surface area contributed by atoms with Crippen LogP contribution in [0.25, 0.3) is 0 Å². The van der Waals surface area contributed by atoms with Gasteiger partial charge in [-0.15, -0.1) is 0 Å². The van der Waals surface area contributed by atoms with E-state index in [-0.39, 0.29) is 5.97 Å². The third kappa shape index (κ3) is 11.3. The summed E-state index contributed by atoms with van der Waals surface area (Å²) in [5.74, 6) is -0.233. The minimum atomic E-state index is -0.233. The highest BCUT2D eigenvalue weighted by molar-refractivity contribution is 5.66. The molecule has 0 fully saturated rings. The monoisotopic (exact) mass is 262 g/mol. The molecule has 0 spiro atoms. The molecular formula is C17H26O2. The van der Waals surface area contributed by atoms with E-state index in [0.29, 0.717) is 6.61 Å². The molecule has 0 heterocycles. The van der Waals surface area contributed by atoms with Crippen LogP contribution in [0.5, 0.6) is 0 Å². The van der Waals surface area contributed by atoms with Crippen LogP contribution >= 0.6 is 0 Å². The van der Waals surface area contributed by atoms with Gasteiger partial charge in [-0.1, -0.05) is 42.5 Å². The van der Waals surface area contributed by atoms with E-state index in [1.165, 1.54) is 18.1 Å². The van der Waals surface area contributed by atoms with E-state index in [1.807, 2.05) is 0 Å². The molecule has 0 aromatic rings. The lowest BCUT2D eigenvalue weighted by Gasteiger charge is -2.07. The van der Waals surface area contributed by atoms with Crippen LogP contribution in [0.15, 0.2) is 48.1 Å². The summed E-state index contributed by atoms with van der Waals surface area (Å²) in [4.78, 5) is 10.9.